The van der Waals surface area contributed by atoms with Gasteiger partial charge < -0.3 is 9.64 Å². The van der Waals surface area contributed by atoms with Crippen LogP contribution in [-0.2, 0) is 15.5 Å². The standard InChI is InChI=1S/C10H12N2O4S2/c1-2-18(15)10-9(12(13)14)8(7-17-10)11-3-5-16-6-4-11/h2,7H,1,3-6H2. The molecule has 0 aromatic carbocycles. The van der Waals surface area contributed by atoms with Crippen LogP contribution in [0.4, 0.5) is 11.4 Å². The molecule has 1 aliphatic heterocycles. The third-order valence-corrected chi connectivity index (χ3v) is 4.97. The zero-order valence-electron chi connectivity index (χ0n) is 9.53. The van der Waals surface area contributed by atoms with Gasteiger partial charge in [0.2, 0.25) is 0 Å². The van der Waals surface area contributed by atoms with Crippen molar-refractivity contribution in [2.24, 2.45) is 0 Å². The number of hydrogen-bond acceptors (Lipinski definition) is 6. The molecule has 0 bridgehead atoms. The second kappa shape index (κ2) is 5.59. The number of anilines is 1. The summed E-state index contributed by atoms with van der Waals surface area (Å²) in [5.74, 6) is 0. The van der Waals surface area contributed by atoms with Gasteiger partial charge in [-0.05, 0) is 0 Å². The lowest BCUT2D eigenvalue weighted by molar-refractivity contribution is -0.386. The van der Waals surface area contributed by atoms with Crippen molar-refractivity contribution in [3.05, 3.63) is 27.5 Å². The SMILES string of the molecule is C=CS(=O)c1scc(N2CCOCC2)c1[N+](=O)[O-]. The first-order valence-electron chi connectivity index (χ1n) is 5.27. The lowest BCUT2D eigenvalue weighted by Crippen LogP contribution is -2.36. The van der Waals surface area contributed by atoms with Gasteiger partial charge in [-0.2, -0.15) is 0 Å². The molecule has 8 heteroatoms. The van der Waals surface area contributed by atoms with Crippen molar-refractivity contribution in [2.45, 2.75) is 4.21 Å². The Labute approximate surface area is 110 Å². The molecule has 1 aliphatic rings. The first-order chi connectivity index (χ1) is 8.65. The van der Waals surface area contributed by atoms with Crippen molar-refractivity contribution in [3.63, 3.8) is 0 Å². The molecule has 0 radical (unpaired) electrons. The van der Waals surface area contributed by atoms with Crippen LogP contribution in [0.15, 0.2) is 21.6 Å². The largest absolute Gasteiger partial charge is 0.378 e. The van der Waals surface area contributed by atoms with E-state index in [1.54, 1.807) is 5.38 Å². The van der Waals surface area contributed by atoms with Gasteiger partial charge in [0.25, 0.3) is 0 Å². The highest BCUT2D eigenvalue weighted by atomic mass is 32.2. The highest BCUT2D eigenvalue weighted by Gasteiger charge is 2.29. The minimum Gasteiger partial charge on any atom is -0.378 e. The van der Waals surface area contributed by atoms with Crippen LogP contribution in [0.1, 0.15) is 0 Å². The fourth-order valence-corrected chi connectivity index (χ4v) is 3.76. The minimum atomic E-state index is -1.52. The van der Waals surface area contributed by atoms with Crippen molar-refractivity contribution in [1.82, 2.24) is 0 Å². The summed E-state index contributed by atoms with van der Waals surface area (Å²) < 4.78 is 17.2. The van der Waals surface area contributed by atoms with Crippen LogP contribution >= 0.6 is 11.3 Å². The summed E-state index contributed by atoms with van der Waals surface area (Å²) in [5.41, 5.74) is 0.457. The first kappa shape index (κ1) is 13.2. The van der Waals surface area contributed by atoms with Gasteiger partial charge in [-0.15, -0.1) is 11.3 Å². The lowest BCUT2D eigenvalue weighted by Gasteiger charge is -2.27. The first-order valence-corrected chi connectivity index (χ1v) is 7.36. The summed E-state index contributed by atoms with van der Waals surface area (Å²) in [6.45, 7) is 5.72. The molecule has 0 aliphatic carbocycles. The molecule has 2 heterocycles. The number of thiophene rings is 1. The molecule has 2 rings (SSSR count). The van der Waals surface area contributed by atoms with E-state index in [2.05, 4.69) is 6.58 Å². The quantitative estimate of drug-likeness (QED) is 0.623. The van der Waals surface area contributed by atoms with Gasteiger partial charge in [0.1, 0.15) is 5.69 Å². The molecule has 1 aromatic heterocycles. The van der Waals surface area contributed by atoms with Crippen molar-refractivity contribution < 1.29 is 13.9 Å². The maximum absolute atomic E-state index is 11.7. The fourth-order valence-electron chi connectivity index (χ4n) is 1.74. The highest BCUT2D eigenvalue weighted by Crippen LogP contribution is 2.40. The topological polar surface area (TPSA) is 72.7 Å². The number of nitrogens with zero attached hydrogens (tertiary/aromatic N) is 2. The van der Waals surface area contributed by atoms with Crippen LogP contribution in [0.2, 0.25) is 0 Å². The Bertz CT molecular complexity index is 494. The molecule has 1 atom stereocenters. The van der Waals surface area contributed by atoms with Gasteiger partial charge in [0, 0.05) is 23.9 Å². The van der Waals surface area contributed by atoms with Gasteiger partial charge in [0.15, 0.2) is 4.21 Å². The molecule has 0 N–H and O–H groups in total. The third-order valence-electron chi connectivity index (χ3n) is 2.58. The van der Waals surface area contributed by atoms with Crippen LogP contribution in [0.25, 0.3) is 0 Å². The van der Waals surface area contributed by atoms with Crippen molar-refractivity contribution in [1.29, 1.82) is 0 Å². The van der Waals surface area contributed by atoms with Crippen LogP contribution in [-0.4, -0.2) is 35.4 Å². The molecule has 1 saturated heterocycles. The Morgan fingerprint density at radius 2 is 2.22 bits per heavy atom. The Hall–Kier alpha value is -1.25. The average Bonchev–Trinajstić information content (AvgIpc) is 2.83. The van der Waals surface area contributed by atoms with Gasteiger partial charge >= 0.3 is 5.69 Å². The highest BCUT2D eigenvalue weighted by molar-refractivity contribution is 7.90. The van der Waals surface area contributed by atoms with Gasteiger partial charge in [-0.3, -0.25) is 10.1 Å². The lowest BCUT2D eigenvalue weighted by atomic mass is 10.3. The smallest absolute Gasteiger partial charge is 0.319 e. The molecule has 1 fully saturated rings. The molecular weight excluding hydrogens is 276 g/mol. The molecule has 18 heavy (non-hydrogen) atoms. The van der Waals surface area contributed by atoms with E-state index >= 15 is 0 Å². The summed E-state index contributed by atoms with van der Waals surface area (Å²) >= 11 is 1.14. The molecule has 1 aromatic rings. The fraction of sp³-hybridized carbons (Fsp3) is 0.400. The Kier molecular flexibility index (Phi) is 4.10. The Morgan fingerprint density at radius 1 is 1.56 bits per heavy atom. The van der Waals surface area contributed by atoms with Gasteiger partial charge in [-0.25, -0.2) is 4.21 Å². The summed E-state index contributed by atoms with van der Waals surface area (Å²) in [6, 6.07) is 0. The average molecular weight is 288 g/mol. The van der Waals surface area contributed by atoms with E-state index in [1.807, 2.05) is 4.90 Å². The van der Waals surface area contributed by atoms with E-state index in [0.717, 1.165) is 11.3 Å². The monoisotopic (exact) mass is 288 g/mol. The summed E-state index contributed by atoms with van der Waals surface area (Å²) in [6.07, 6.45) is 0. The van der Waals surface area contributed by atoms with E-state index in [4.69, 9.17) is 4.74 Å². The third kappa shape index (κ3) is 2.45. The number of rotatable bonds is 4. The van der Waals surface area contributed by atoms with Crippen LogP contribution in [0.3, 0.4) is 0 Å². The van der Waals surface area contributed by atoms with E-state index < -0.39 is 15.7 Å². The molecule has 6 nitrogen and oxygen atoms in total. The zero-order valence-corrected chi connectivity index (χ0v) is 11.2. The molecular formula is C10H12N2O4S2. The second-order valence-electron chi connectivity index (χ2n) is 3.58. The maximum Gasteiger partial charge on any atom is 0.319 e. The van der Waals surface area contributed by atoms with Gasteiger partial charge in [-0.1, -0.05) is 6.58 Å². The minimum absolute atomic E-state index is 0.0693. The summed E-state index contributed by atoms with van der Waals surface area (Å²) in [7, 11) is -1.52. The van der Waals surface area contributed by atoms with Crippen molar-refractivity contribution in [2.75, 3.05) is 31.2 Å². The van der Waals surface area contributed by atoms with Crippen molar-refractivity contribution >= 4 is 33.5 Å². The number of morpholine rings is 1. The molecule has 98 valence electrons. The molecule has 0 spiro atoms. The van der Waals surface area contributed by atoms with Crippen LogP contribution in [0, 0.1) is 10.1 Å². The normalized spacial score (nSPS) is 17.4. The van der Waals surface area contributed by atoms with E-state index in [0.29, 0.717) is 32.0 Å². The Balaban J connectivity index is 2.41. The molecule has 0 saturated carbocycles. The van der Waals surface area contributed by atoms with Crippen molar-refractivity contribution in [3.8, 4) is 0 Å². The Morgan fingerprint density at radius 3 is 2.78 bits per heavy atom. The van der Waals surface area contributed by atoms with E-state index in [9.17, 15) is 14.3 Å². The van der Waals surface area contributed by atoms with E-state index in [1.165, 1.54) is 5.41 Å². The predicted molar refractivity (Wildman–Crippen MR) is 70.6 cm³/mol. The van der Waals surface area contributed by atoms with Crippen LogP contribution in [0.5, 0.6) is 0 Å². The predicted octanol–water partition coefficient (Wildman–Crippen LogP) is 1.74. The van der Waals surface area contributed by atoms with Crippen LogP contribution < -0.4 is 4.90 Å². The zero-order chi connectivity index (χ0) is 13.1. The van der Waals surface area contributed by atoms with E-state index in [-0.39, 0.29) is 9.90 Å². The number of ether oxygens (including phenoxy) is 1. The summed E-state index contributed by atoms with van der Waals surface area (Å²) in [4.78, 5) is 12.6. The molecule has 1 unspecified atom stereocenters. The molecule has 0 amide bonds. The van der Waals surface area contributed by atoms with Gasteiger partial charge in [0.05, 0.1) is 28.9 Å². The second-order valence-corrected chi connectivity index (χ2v) is 6.05. The number of hydrogen-bond donors (Lipinski definition) is 0. The summed E-state index contributed by atoms with van der Waals surface area (Å²) in [5, 5.41) is 14.0. The maximum atomic E-state index is 11.7. The number of nitro groups is 1.